The Morgan fingerprint density at radius 1 is 1.03 bits per heavy atom. The fourth-order valence-electron chi connectivity index (χ4n) is 3.70. The van der Waals surface area contributed by atoms with E-state index in [1.165, 1.54) is 32.4 Å². The Kier molecular flexibility index (Phi) is 7.53. The summed E-state index contributed by atoms with van der Waals surface area (Å²) < 4.78 is 38.4. The third-order valence-corrected chi connectivity index (χ3v) is 7.24. The molecule has 8 nitrogen and oxygen atoms in total. The van der Waals surface area contributed by atoms with Crippen LogP contribution in [0.15, 0.2) is 41.3 Å². The van der Waals surface area contributed by atoms with Gasteiger partial charge < -0.3 is 19.3 Å². The van der Waals surface area contributed by atoms with Gasteiger partial charge in [0.2, 0.25) is 15.9 Å². The van der Waals surface area contributed by atoms with Gasteiger partial charge in [0.25, 0.3) is 0 Å². The van der Waals surface area contributed by atoms with E-state index in [0.717, 1.165) is 11.3 Å². The molecule has 1 heterocycles. The van der Waals surface area contributed by atoms with Crippen LogP contribution in [0.5, 0.6) is 11.5 Å². The molecule has 0 bridgehead atoms. The SMILES string of the molecule is COc1ccc(S(=O)(=O)N[C@@H](C)C(=O)N2CCN(c3cc(Cl)ccc3C)CC2)cc1OC. The van der Waals surface area contributed by atoms with Crippen LogP contribution < -0.4 is 19.1 Å². The highest BCUT2D eigenvalue weighted by Crippen LogP contribution is 2.29. The molecule has 0 unspecified atom stereocenters. The molecule has 1 N–H and O–H groups in total. The van der Waals surface area contributed by atoms with Crippen LogP contribution in [-0.2, 0) is 14.8 Å². The van der Waals surface area contributed by atoms with Gasteiger partial charge in [-0.15, -0.1) is 0 Å². The molecule has 1 aliphatic heterocycles. The van der Waals surface area contributed by atoms with Gasteiger partial charge in [-0.1, -0.05) is 17.7 Å². The maximum atomic E-state index is 12.9. The largest absolute Gasteiger partial charge is 0.493 e. The van der Waals surface area contributed by atoms with Gasteiger partial charge in [-0.2, -0.15) is 4.72 Å². The molecule has 2 aromatic carbocycles. The van der Waals surface area contributed by atoms with Gasteiger partial charge in [0, 0.05) is 43.0 Å². The number of ether oxygens (including phenoxy) is 2. The van der Waals surface area contributed by atoms with Gasteiger partial charge >= 0.3 is 0 Å². The van der Waals surface area contributed by atoms with Crippen molar-refractivity contribution in [1.29, 1.82) is 0 Å². The molecule has 1 fully saturated rings. The molecule has 1 atom stereocenters. The Balaban J connectivity index is 1.64. The topological polar surface area (TPSA) is 88.2 Å². The molecule has 0 radical (unpaired) electrons. The number of benzene rings is 2. The molecule has 174 valence electrons. The van der Waals surface area contributed by atoms with Crippen LogP contribution in [0.1, 0.15) is 12.5 Å². The summed E-state index contributed by atoms with van der Waals surface area (Å²) in [5.74, 6) is 0.446. The van der Waals surface area contributed by atoms with Crippen LogP contribution in [0.3, 0.4) is 0 Å². The highest BCUT2D eigenvalue weighted by molar-refractivity contribution is 7.89. The standard InChI is InChI=1S/C22H28ClN3O5S/c1-15-5-6-17(23)13-19(15)25-9-11-26(12-10-25)22(27)16(2)24-32(28,29)18-7-8-20(30-3)21(14-18)31-4/h5-8,13-14,16,24H,9-12H2,1-4H3/t16-/m0/s1. The first-order chi connectivity index (χ1) is 15.2. The van der Waals surface area contributed by atoms with Crippen LogP contribution in [-0.4, -0.2) is 65.7 Å². The molecular weight excluding hydrogens is 454 g/mol. The van der Waals surface area contributed by atoms with Crippen molar-refractivity contribution >= 4 is 33.2 Å². The number of carbonyl (C=O) groups excluding carboxylic acids is 1. The number of piperazine rings is 1. The normalized spacial score (nSPS) is 15.4. The van der Waals surface area contributed by atoms with Crippen molar-refractivity contribution in [3.8, 4) is 11.5 Å². The lowest BCUT2D eigenvalue weighted by atomic mass is 10.1. The van der Waals surface area contributed by atoms with Crippen LogP contribution >= 0.6 is 11.6 Å². The molecular formula is C22H28ClN3O5S. The van der Waals surface area contributed by atoms with Crippen molar-refractivity contribution in [1.82, 2.24) is 9.62 Å². The first-order valence-electron chi connectivity index (χ1n) is 10.2. The van der Waals surface area contributed by atoms with E-state index in [-0.39, 0.29) is 10.8 Å². The van der Waals surface area contributed by atoms with Crippen LogP contribution in [0.2, 0.25) is 5.02 Å². The zero-order chi connectivity index (χ0) is 23.5. The summed E-state index contributed by atoms with van der Waals surface area (Å²) in [6.07, 6.45) is 0. The minimum Gasteiger partial charge on any atom is -0.493 e. The second-order valence-corrected chi connectivity index (χ2v) is 9.75. The maximum absolute atomic E-state index is 12.9. The van der Waals surface area contributed by atoms with Crippen LogP contribution in [0.25, 0.3) is 0 Å². The molecule has 10 heteroatoms. The number of aryl methyl sites for hydroxylation is 1. The summed E-state index contributed by atoms with van der Waals surface area (Å²) in [4.78, 5) is 16.8. The van der Waals surface area contributed by atoms with E-state index >= 15 is 0 Å². The van der Waals surface area contributed by atoms with E-state index in [9.17, 15) is 13.2 Å². The Labute approximate surface area is 194 Å². The predicted molar refractivity (Wildman–Crippen MR) is 124 cm³/mol. The minimum atomic E-state index is -3.92. The average Bonchev–Trinajstić information content (AvgIpc) is 2.79. The maximum Gasteiger partial charge on any atom is 0.241 e. The lowest BCUT2D eigenvalue weighted by Gasteiger charge is -2.37. The highest BCUT2D eigenvalue weighted by Gasteiger charge is 2.29. The Morgan fingerprint density at radius 3 is 2.31 bits per heavy atom. The van der Waals surface area contributed by atoms with E-state index < -0.39 is 16.1 Å². The van der Waals surface area contributed by atoms with Gasteiger partial charge in [0.15, 0.2) is 11.5 Å². The first kappa shape index (κ1) is 24.2. The van der Waals surface area contributed by atoms with Gasteiger partial charge in [0.1, 0.15) is 0 Å². The molecule has 3 rings (SSSR count). The number of carbonyl (C=O) groups is 1. The third-order valence-electron chi connectivity index (χ3n) is 5.47. The zero-order valence-corrected chi connectivity index (χ0v) is 20.2. The first-order valence-corrected chi connectivity index (χ1v) is 12.1. The molecule has 2 aromatic rings. The van der Waals surface area contributed by atoms with Gasteiger partial charge in [-0.25, -0.2) is 8.42 Å². The monoisotopic (exact) mass is 481 g/mol. The molecule has 0 aromatic heterocycles. The number of rotatable bonds is 7. The molecule has 0 spiro atoms. The third kappa shape index (κ3) is 5.28. The van der Waals surface area contributed by atoms with E-state index in [0.29, 0.717) is 42.7 Å². The molecule has 0 saturated carbocycles. The number of halogens is 1. The fourth-order valence-corrected chi connectivity index (χ4v) is 5.08. The van der Waals surface area contributed by atoms with Crippen LogP contribution in [0, 0.1) is 6.92 Å². The van der Waals surface area contributed by atoms with Crippen molar-refractivity contribution in [3.63, 3.8) is 0 Å². The van der Waals surface area contributed by atoms with Gasteiger partial charge in [-0.05, 0) is 43.7 Å². The van der Waals surface area contributed by atoms with Crippen molar-refractivity contribution < 1.29 is 22.7 Å². The quantitative estimate of drug-likeness (QED) is 0.654. The number of nitrogens with one attached hydrogen (secondary N) is 1. The van der Waals surface area contributed by atoms with E-state index in [2.05, 4.69) is 9.62 Å². The van der Waals surface area contributed by atoms with Crippen LogP contribution in [0.4, 0.5) is 5.69 Å². The second-order valence-electron chi connectivity index (χ2n) is 7.60. The zero-order valence-electron chi connectivity index (χ0n) is 18.6. The molecule has 1 amide bonds. The number of hydrogen-bond donors (Lipinski definition) is 1. The summed E-state index contributed by atoms with van der Waals surface area (Å²) in [6, 6.07) is 9.13. The lowest BCUT2D eigenvalue weighted by Crippen LogP contribution is -2.54. The number of anilines is 1. The second kappa shape index (κ2) is 9.97. The Bertz CT molecular complexity index is 1080. The van der Waals surface area contributed by atoms with E-state index in [1.54, 1.807) is 11.8 Å². The lowest BCUT2D eigenvalue weighted by molar-refractivity contribution is -0.132. The summed E-state index contributed by atoms with van der Waals surface area (Å²) >= 11 is 6.13. The Morgan fingerprint density at radius 2 is 1.69 bits per heavy atom. The number of amides is 1. The Hall–Kier alpha value is -2.49. The summed E-state index contributed by atoms with van der Waals surface area (Å²) in [5, 5.41) is 0.669. The average molecular weight is 482 g/mol. The van der Waals surface area contributed by atoms with Crippen molar-refractivity contribution in [3.05, 3.63) is 47.0 Å². The summed E-state index contributed by atoms with van der Waals surface area (Å²) in [7, 11) is -1.02. The highest BCUT2D eigenvalue weighted by atomic mass is 35.5. The van der Waals surface area contributed by atoms with E-state index in [4.69, 9.17) is 21.1 Å². The van der Waals surface area contributed by atoms with Gasteiger partial charge in [-0.3, -0.25) is 4.79 Å². The minimum absolute atomic E-state index is 0.00366. The smallest absolute Gasteiger partial charge is 0.241 e. The molecule has 0 aliphatic carbocycles. The van der Waals surface area contributed by atoms with Crippen molar-refractivity contribution in [2.75, 3.05) is 45.3 Å². The predicted octanol–water partition coefficient (Wildman–Crippen LogP) is 2.68. The number of sulfonamides is 1. The molecule has 32 heavy (non-hydrogen) atoms. The molecule has 1 aliphatic rings. The summed E-state index contributed by atoms with van der Waals surface area (Å²) in [5.41, 5.74) is 2.16. The fraction of sp³-hybridized carbons (Fsp3) is 0.409. The van der Waals surface area contributed by atoms with Crippen molar-refractivity contribution in [2.24, 2.45) is 0 Å². The number of hydrogen-bond acceptors (Lipinski definition) is 6. The number of nitrogens with zero attached hydrogens (tertiary/aromatic N) is 2. The van der Waals surface area contributed by atoms with E-state index in [1.807, 2.05) is 25.1 Å². The summed E-state index contributed by atoms with van der Waals surface area (Å²) in [6.45, 7) is 5.84. The van der Waals surface area contributed by atoms with Crippen molar-refractivity contribution in [2.45, 2.75) is 24.8 Å². The van der Waals surface area contributed by atoms with Gasteiger partial charge in [0.05, 0.1) is 25.2 Å². The molecule has 1 saturated heterocycles. The number of methoxy groups -OCH3 is 2.